The second kappa shape index (κ2) is 4.51. The summed E-state index contributed by atoms with van der Waals surface area (Å²) in [6, 6.07) is 7.83. The standard InChI is InChI=1S/C13H8BrClFN3/c14-6-3-10(17)12-11(4-6)18-13(19-12)8-2-1-7(16)5-9(8)15/h1-5H,17H2,(H,18,19). The largest absolute Gasteiger partial charge is 0.397 e. The number of halogens is 3. The first-order chi connectivity index (χ1) is 9.04. The maximum atomic E-state index is 13.0. The quantitative estimate of drug-likeness (QED) is 0.646. The van der Waals surface area contributed by atoms with E-state index in [-0.39, 0.29) is 5.82 Å². The van der Waals surface area contributed by atoms with Gasteiger partial charge in [0.25, 0.3) is 0 Å². The van der Waals surface area contributed by atoms with Crippen LogP contribution in [0.25, 0.3) is 22.4 Å². The molecule has 96 valence electrons. The summed E-state index contributed by atoms with van der Waals surface area (Å²) >= 11 is 9.39. The molecule has 0 amide bonds. The topological polar surface area (TPSA) is 54.7 Å². The number of nitrogens with two attached hydrogens (primary N) is 1. The summed E-state index contributed by atoms with van der Waals surface area (Å²) in [4.78, 5) is 7.53. The van der Waals surface area contributed by atoms with E-state index in [1.165, 1.54) is 12.1 Å². The molecule has 19 heavy (non-hydrogen) atoms. The Kier molecular flexibility index (Phi) is 2.95. The molecule has 2 aromatic carbocycles. The third-order valence-electron chi connectivity index (χ3n) is 2.77. The molecule has 0 saturated heterocycles. The van der Waals surface area contributed by atoms with Crippen LogP contribution in [0.2, 0.25) is 5.02 Å². The van der Waals surface area contributed by atoms with Crippen LogP contribution in [0.1, 0.15) is 0 Å². The molecule has 0 fully saturated rings. The molecule has 0 aliphatic rings. The predicted octanol–water partition coefficient (Wildman–Crippen LogP) is 4.37. The Morgan fingerprint density at radius 2 is 2.05 bits per heavy atom. The molecular formula is C13H8BrClFN3. The van der Waals surface area contributed by atoms with Gasteiger partial charge in [-0.1, -0.05) is 27.5 Å². The maximum Gasteiger partial charge on any atom is 0.140 e. The molecule has 0 saturated carbocycles. The number of imidazole rings is 1. The van der Waals surface area contributed by atoms with E-state index >= 15 is 0 Å². The molecule has 0 radical (unpaired) electrons. The molecule has 0 bridgehead atoms. The molecule has 3 N–H and O–H groups in total. The van der Waals surface area contributed by atoms with Gasteiger partial charge >= 0.3 is 0 Å². The highest BCUT2D eigenvalue weighted by molar-refractivity contribution is 9.10. The van der Waals surface area contributed by atoms with E-state index in [4.69, 9.17) is 17.3 Å². The van der Waals surface area contributed by atoms with Gasteiger partial charge in [-0.2, -0.15) is 0 Å². The number of aromatic nitrogens is 2. The van der Waals surface area contributed by atoms with Gasteiger partial charge < -0.3 is 10.7 Å². The van der Waals surface area contributed by atoms with Gasteiger partial charge in [-0.05, 0) is 30.3 Å². The van der Waals surface area contributed by atoms with Crippen molar-refractivity contribution < 1.29 is 4.39 Å². The van der Waals surface area contributed by atoms with Crippen LogP contribution >= 0.6 is 27.5 Å². The fourth-order valence-electron chi connectivity index (χ4n) is 1.92. The Morgan fingerprint density at radius 1 is 1.26 bits per heavy atom. The van der Waals surface area contributed by atoms with Crippen LogP contribution < -0.4 is 5.73 Å². The average molecular weight is 341 g/mol. The molecule has 1 heterocycles. The van der Waals surface area contributed by atoms with Gasteiger partial charge in [0.2, 0.25) is 0 Å². The highest BCUT2D eigenvalue weighted by Crippen LogP contribution is 2.31. The van der Waals surface area contributed by atoms with E-state index in [1.807, 2.05) is 6.07 Å². The van der Waals surface area contributed by atoms with Gasteiger partial charge in [0.15, 0.2) is 0 Å². The molecule has 0 aliphatic heterocycles. The molecular weight excluding hydrogens is 333 g/mol. The van der Waals surface area contributed by atoms with E-state index in [0.29, 0.717) is 27.6 Å². The average Bonchev–Trinajstić information content (AvgIpc) is 2.72. The minimum absolute atomic E-state index is 0.302. The molecule has 3 rings (SSSR count). The Hall–Kier alpha value is -1.59. The van der Waals surface area contributed by atoms with Crippen molar-refractivity contribution in [3.63, 3.8) is 0 Å². The summed E-state index contributed by atoms with van der Waals surface area (Å²) in [6.07, 6.45) is 0. The molecule has 0 spiro atoms. The second-order valence-electron chi connectivity index (χ2n) is 4.10. The van der Waals surface area contributed by atoms with Crippen molar-refractivity contribution in [2.45, 2.75) is 0 Å². The summed E-state index contributed by atoms with van der Waals surface area (Å²) in [5, 5.41) is 0.302. The minimum atomic E-state index is -0.382. The van der Waals surface area contributed by atoms with Crippen LogP contribution in [-0.2, 0) is 0 Å². The number of fused-ring (bicyclic) bond motifs is 1. The molecule has 0 unspecified atom stereocenters. The minimum Gasteiger partial charge on any atom is -0.397 e. The van der Waals surface area contributed by atoms with Crippen LogP contribution in [0.3, 0.4) is 0 Å². The number of anilines is 1. The second-order valence-corrected chi connectivity index (χ2v) is 5.42. The predicted molar refractivity (Wildman–Crippen MR) is 78.6 cm³/mol. The zero-order valence-corrected chi connectivity index (χ0v) is 11.9. The van der Waals surface area contributed by atoms with Gasteiger partial charge in [-0.3, -0.25) is 0 Å². The number of H-pyrrole nitrogens is 1. The molecule has 1 aromatic heterocycles. The number of hydrogen-bond acceptors (Lipinski definition) is 2. The normalized spacial score (nSPS) is 11.1. The van der Waals surface area contributed by atoms with Crippen molar-refractivity contribution in [2.75, 3.05) is 5.73 Å². The SMILES string of the molecule is Nc1cc(Br)cc2[nH]c(-c3ccc(F)cc3Cl)nc12. The van der Waals surface area contributed by atoms with Gasteiger partial charge in [0.1, 0.15) is 17.2 Å². The van der Waals surface area contributed by atoms with Crippen molar-refractivity contribution in [3.05, 3.63) is 45.6 Å². The lowest BCUT2D eigenvalue weighted by Gasteiger charge is -1.99. The molecule has 6 heteroatoms. The lowest BCUT2D eigenvalue weighted by Crippen LogP contribution is -1.86. The summed E-state index contributed by atoms with van der Waals surface area (Å²) < 4.78 is 13.9. The molecule has 3 nitrogen and oxygen atoms in total. The monoisotopic (exact) mass is 339 g/mol. The summed E-state index contributed by atoms with van der Waals surface area (Å²) in [7, 11) is 0. The maximum absolute atomic E-state index is 13.0. The Labute approximate surface area is 121 Å². The van der Waals surface area contributed by atoms with Gasteiger partial charge in [-0.15, -0.1) is 0 Å². The van der Waals surface area contributed by atoms with Crippen molar-refractivity contribution in [1.82, 2.24) is 9.97 Å². The zero-order valence-electron chi connectivity index (χ0n) is 9.55. The summed E-state index contributed by atoms with van der Waals surface area (Å²) in [5.74, 6) is 0.178. The molecule has 0 aliphatic carbocycles. The van der Waals surface area contributed by atoms with E-state index in [1.54, 1.807) is 12.1 Å². The third-order valence-corrected chi connectivity index (χ3v) is 3.54. The summed E-state index contributed by atoms with van der Waals surface area (Å²) in [5.41, 5.74) is 8.56. The Morgan fingerprint density at radius 3 is 2.79 bits per heavy atom. The molecule has 0 atom stereocenters. The van der Waals surface area contributed by atoms with E-state index in [2.05, 4.69) is 25.9 Å². The van der Waals surface area contributed by atoms with E-state index in [0.717, 1.165) is 9.99 Å². The zero-order chi connectivity index (χ0) is 13.6. The van der Waals surface area contributed by atoms with Crippen LogP contribution in [0.15, 0.2) is 34.8 Å². The van der Waals surface area contributed by atoms with E-state index < -0.39 is 0 Å². The Balaban J connectivity index is 2.23. The number of aromatic amines is 1. The van der Waals surface area contributed by atoms with Gasteiger partial charge in [0, 0.05) is 10.0 Å². The van der Waals surface area contributed by atoms with Gasteiger partial charge in [0.05, 0.1) is 16.2 Å². The fraction of sp³-hybridized carbons (Fsp3) is 0. The van der Waals surface area contributed by atoms with Crippen LogP contribution in [0.5, 0.6) is 0 Å². The van der Waals surface area contributed by atoms with Crippen LogP contribution in [0.4, 0.5) is 10.1 Å². The summed E-state index contributed by atoms with van der Waals surface area (Å²) in [6.45, 7) is 0. The van der Waals surface area contributed by atoms with Crippen molar-refractivity contribution in [1.29, 1.82) is 0 Å². The van der Waals surface area contributed by atoms with Crippen LogP contribution in [0, 0.1) is 5.82 Å². The Bertz CT molecular complexity index is 785. The lowest BCUT2D eigenvalue weighted by atomic mass is 10.2. The smallest absolute Gasteiger partial charge is 0.140 e. The van der Waals surface area contributed by atoms with Crippen molar-refractivity contribution in [3.8, 4) is 11.4 Å². The van der Waals surface area contributed by atoms with Gasteiger partial charge in [-0.25, -0.2) is 9.37 Å². The van der Waals surface area contributed by atoms with Crippen LogP contribution in [-0.4, -0.2) is 9.97 Å². The number of hydrogen-bond donors (Lipinski definition) is 2. The van der Waals surface area contributed by atoms with Crippen molar-refractivity contribution in [2.24, 2.45) is 0 Å². The first-order valence-electron chi connectivity index (χ1n) is 5.45. The van der Waals surface area contributed by atoms with E-state index in [9.17, 15) is 4.39 Å². The number of nitrogens with zero attached hydrogens (tertiary/aromatic N) is 1. The number of nitrogen functional groups attached to an aromatic ring is 1. The number of nitrogens with one attached hydrogen (secondary N) is 1. The highest BCUT2D eigenvalue weighted by Gasteiger charge is 2.11. The molecule has 3 aromatic rings. The first kappa shape index (κ1) is 12.4. The fourth-order valence-corrected chi connectivity index (χ4v) is 2.65. The third kappa shape index (κ3) is 2.19. The lowest BCUT2D eigenvalue weighted by molar-refractivity contribution is 0.628. The number of rotatable bonds is 1. The van der Waals surface area contributed by atoms with Crippen molar-refractivity contribution >= 4 is 44.3 Å². The number of benzene rings is 2. The first-order valence-corrected chi connectivity index (χ1v) is 6.62. The highest BCUT2D eigenvalue weighted by atomic mass is 79.9.